The summed E-state index contributed by atoms with van der Waals surface area (Å²) in [6.45, 7) is 3.48. The number of amides is 2. The van der Waals surface area contributed by atoms with Gasteiger partial charge in [-0.25, -0.2) is 0 Å². The first-order chi connectivity index (χ1) is 8.59. The number of nitrogens with zero attached hydrogens (tertiary/aromatic N) is 2. The van der Waals surface area contributed by atoms with Gasteiger partial charge in [0, 0.05) is 39.3 Å². The van der Waals surface area contributed by atoms with E-state index in [2.05, 4.69) is 4.98 Å². The van der Waals surface area contributed by atoms with Crippen molar-refractivity contribution < 1.29 is 9.59 Å². The van der Waals surface area contributed by atoms with Gasteiger partial charge >= 0.3 is 0 Å². The van der Waals surface area contributed by atoms with E-state index in [-0.39, 0.29) is 22.9 Å². The molecule has 1 fully saturated rings. The molecule has 0 aliphatic carbocycles. The molecule has 1 aromatic heterocycles. The zero-order chi connectivity index (χ0) is 13.1. The number of piperazine rings is 1. The molecular formula is C12H15N3O3. The number of carbonyl (C=O) groups excluding carboxylic acids is 2. The minimum atomic E-state index is -0.378. The molecule has 0 atom stereocenters. The Labute approximate surface area is 104 Å². The molecule has 0 spiro atoms. The summed E-state index contributed by atoms with van der Waals surface area (Å²) >= 11 is 0. The minimum absolute atomic E-state index is 0.0136. The van der Waals surface area contributed by atoms with E-state index in [1.54, 1.807) is 15.9 Å². The van der Waals surface area contributed by atoms with Crippen molar-refractivity contribution in [2.75, 3.05) is 26.2 Å². The van der Waals surface area contributed by atoms with Gasteiger partial charge in [0.25, 0.3) is 11.5 Å². The fourth-order valence-corrected chi connectivity index (χ4v) is 1.98. The minimum Gasteiger partial charge on any atom is -0.339 e. The molecule has 6 nitrogen and oxygen atoms in total. The van der Waals surface area contributed by atoms with E-state index in [0.717, 1.165) is 0 Å². The molecule has 1 N–H and O–H groups in total. The van der Waals surface area contributed by atoms with E-state index in [1.807, 2.05) is 0 Å². The van der Waals surface area contributed by atoms with Crippen molar-refractivity contribution in [1.82, 2.24) is 14.8 Å². The number of hydrogen-bond donors (Lipinski definition) is 1. The molecular weight excluding hydrogens is 234 g/mol. The lowest BCUT2D eigenvalue weighted by molar-refractivity contribution is -0.130. The lowest BCUT2D eigenvalue weighted by Gasteiger charge is -2.34. The summed E-state index contributed by atoms with van der Waals surface area (Å²) in [5, 5.41) is 0. The monoisotopic (exact) mass is 249 g/mol. The first-order valence-corrected chi connectivity index (χ1v) is 5.82. The Hall–Kier alpha value is -2.11. The summed E-state index contributed by atoms with van der Waals surface area (Å²) in [5.74, 6) is -0.264. The molecule has 1 saturated heterocycles. The van der Waals surface area contributed by atoms with Gasteiger partial charge in [-0.15, -0.1) is 0 Å². The van der Waals surface area contributed by atoms with E-state index >= 15 is 0 Å². The van der Waals surface area contributed by atoms with Crippen LogP contribution in [0.5, 0.6) is 0 Å². The number of rotatable bonds is 1. The van der Waals surface area contributed by atoms with Crippen molar-refractivity contribution in [2.45, 2.75) is 6.92 Å². The van der Waals surface area contributed by atoms with Crippen LogP contribution in [0.1, 0.15) is 17.3 Å². The Bertz CT molecular complexity index is 515. The molecule has 0 radical (unpaired) electrons. The maximum Gasteiger partial charge on any atom is 0.260 e. The third-order valence-electron chi connectivity index (χ3n) is 3.06. The highest BCUT2D eigenvalue weighted by atomic mass is 16.2. The maximum atomic E-state index is 12.1. The average molecular weight is 249 g/mol. The first-order valence-electron chi connectivity index (χ1n) is 5.82. The summed E-state index contributed by atoms with van der Waals surface area (Å²) in [5.41, 5.74) is -0.231. The number of hydrogen-bond acceptors (Lipinski definition) is 3. The molecule has 2 amide bonds. The van der Waals surface area contributed by atoms with Crippen molar-refractivity contribution in [1.29, 1.82) is 0 Å². The Balaban J connectivity index is 2.07. The van der Waals surface area contributed by atoms with Gasteiger partial charge in [-0.2, -0.15) is 0 Å². The zero-order valence-corrected chi connectivity index (χ0v) is 10.2. The van der Waals surface area contributed by atoms with Gasteiger partial charge in [-0.3, -0.25) is 14.4 Å². The highest BCUT2D eigenvalue weighted by molar-refractivity contribution is 5.94. The van der Waals surface area contributed by atoms with Crippen LogP contribution in [0.3, 0.4) is 0 Å². The molecule has 1 aromatic rings. The fraction of sp³-hybridized carbons (Fsp3) is 0.417. The van der Waals surface area contributed by atoms with Crippen LogP contribution in [0.4, 0.5) is 0 Å². The normalized spacial score (nSPS) is 15.6. The molecule has 2 heterocycles. The maximum absolute atomic E-state index is 12.1. The second kappa shape index (κ2) is 5.03. The van der Waals surface area contributed by atoms with Gasteiger partial charge in [0.15, 0.2) is 0 Å². The van der Waals surface area contributed by atoms with E-state index < -0.39 is 0 Å². The van der Waals surface area contributed by atoms with Gasteiger partial charge in [0.2, 0.25) is 5.91 Å². The largest absolute Gasteiger partial charge is 0.339 e. The highest BCUT2D eigenvalue weighted by Gasteiger charge is 2.24. The SMILES string of the molecule is CC(=O)N1CCN(C(=O)c2ccc[nH]c2=O)CC1. The first kappa shape index (κ1) is 12.3. The van der Waals surface area contributed by atoms with Gasteiger partial charge in [-0.1, -0.05) is 0 Å². The molecule has 6 heteroatoms. The van der Waals surface area contributed by atoms with Crippen LogP contribution in [0.25, 0.3) is 0 Å². The van der Waals surface area contributed by atoms with Crippen LogP contribution in [0, 0.1) is 0 Å². The van der Waals surface area contributed by atoms with E-state index in [9.17, 15) is 14.4 Å². The standard InChI is InChI=1S/C12H15N3O3/c1-9(16)14-5-7-15(8-6-14)12(18)10-3-2-4-13-11(10)17/h2-4H,5-8H2,1H3,(H,13,17). The third-order valence-corrected chi connectivity index (χ3v) is 3.06. The summed E-state index contributed by atoms with van der Waals surface area (Å²) < 4.78 is 0. The van der Waals surface area contributed by atoms with Crippen molar-refractivity contribution in [3.63, 3.8) is 0 Å². The van der Waals surface area contributed by atoms with E-state index in [1.165, 1.54) is 19.2 Å². The quantitative estimate of drug-likeness (QED) is 0.741. The second-order valence-corrected chi connectivity index (χ2v) is 4.21. The predicted octanol–water partition coefficient (Wildman–Crippen LogP) is -0.321. The fourth-order valence-electron chi connectivity index (χ4n) is 1.98. The number of nitrogens with one attached hydrogen (secondary N) is 1. The van der Waals surface area contributed by atoms with E-state index in [0.29, 0.717) is 26.2 Å². The second-order valence-electron chi connectivity index (χ2n) is 4.21. The van der Waals surface area contributed by atoms with Crippen LogP contribution >= 0.6 is 0 Å². The summed E-state index contributed by atoms with van der Waals surface area (Å²) in [6.07, 6.45) is 1.49. The van der Waals surface area contributed by atoms with Crippen molar-refractivity contribution in [2.24, 2.45) is 0 Å². The Morgan fingerprint density at radius 1 is 1.17 bits per heavy atom. The van der Waals surface area contributed by atoms with E-state index in [4.69, 9.17) is 0 Å². The lowest BCUT2D eigenvalue weighted by atomic mass is 10.2. The van der Waals surface area contributed by atoms with Crippen LogP contribution in [0.15, 0.2) is 23.1 Å². The smallest absolute Gasteiger partial charge is 0.260 e. The number of aromatic nitrogens is 1. The molecule has 2 rings (SSSR count). The molecule has 0 bridgehead atoms. The Morgan fingerprint density at radius 3 is 2.33 bits per heavy atom. The summed E-state index contributed by atoms with van der Waals surface area (Å²) in [7, 11) is 0. The van der Waals surface area contributed by atoms with Gasteiger partial charge < -0.3 is 14.8 Å². The Kier molecular flexibility index (Phi) is 3.45. The average Bonchev–Trinajstić information content (AvgIpc) is 2.38. The highest BCUT2D eigenvalue weighted by Crippen LogP contribution is 2.05. The Morgan fingerprint density at radius 2 is 1.78 bits per heavy atom. The van der Waals surface area contributed by atoms with Crippen molar-refractivity contribution >= 4 is 11.8 Å². The van der Waals surface area contributed by atoms with Crippen molar-refractivity contribution in [3.8, 4) is 0 Å². The number of pyridine rings is 1. The molecule has 1 aliphatic rings. The summed E-state index contributed by atoms with van der Waals surface area (Å²) in [6, 6.07) is 3.14. The zero-order valence-electron chi connectivity index (χ0n) is 10.2. The predicted molar refractivity (Wildman–Crippen MR) is 65.2 cm³/mol. The molecule has 18 heavy (non-hydrogen) atoms. The van der Waals surface area contributed by atoms with Gasteiger partial charge in [-0.05, 0) is 12.1 Å². The molecule has 1 aliphatic heterocycles. The molecule has 0 unspecified atom stereocenters. The van der Waals surface area contributed by atoms with Crippen LogP contribution in [-0.4, -0.2) is 52.8 Å². The molecule has 0 aromatic carbocycles. The number of aromatic amines is 1. The third kappa shape index (κ3) is 2.42. The van der Waals surface area contributed by atoms with Gasteiger partial charge in [0.1, 0.15) is 5.56 Å². The van der Waals surface area contributed by atoms with Crippen LogP contribution in [0.2, 0.25) is 0 Å². The number of carbonyl (C=O) groups is 2. The lowest BCUT2D eigenvalue weighted by Crippen LogP contribution is -2.50. The topological polar surface area (TPSA) is 73.5 Å². The van der Waals surface area contributed by atoms with Crippen molar-refractivity contribution in [3.05, 3.63) is 34.2 Å². The number of H-pyrrole nitrogens is 1. The summed E-state index contributed by atoms with van der Waals surface area (Å²) in [4.78, 5) is 40.5. The molecule has 0 saturated carbocycles. The van der Waals surface area contributed by atoms with Crippen LogP contribution < -0.4 is 5.56 Å². The van der Waals surface area contributed by atoms with Gasteiger partial charge in [0.05, 0.1) is 0 Å². The molecule has 96 valence electrons. The van der Waals surface area contributed by atoms with Crippen LogP contribution in [-0.2, 0) is 4.79 Å².